The van der Waals surface area contributed by atoms with Gasteiger partial charge in [-0.2, -0.15) is 0 Å². The lowest BCUT2D eigenvalue weighted by Gasteiger charge is -2.10. The maximum Gasteiger partial charge on any atom is 0.131 e. The topological polar surface area (TPSA) is 48.8 Å². The molecule has 1 atom stereocenters. The number of hydrogen-bond donors (Lipinski definition) is 2. The molecule has 1 saturated carbocycles. The molecule has 1 unspecified atom stereocenters. The van der Waals surface area contributed by atoms with Crippen molar-refractivity contribution in [3.63, 3.8) is 0 Å². The van der Waals surface area contributed by atoms with Crippen molar-refractivity contribution in [2.75, 3.05) is 5.09 Å². The summed E-state index contributed by atoms with van der Waals surface area (Å²) in [6, 6.07) is 1.80. The molecule has 1 aromatic heterocycles. The highest BCUT2D eigenvalue weighted by Gasteiger charge is 2.24. The van der Waals surface area contributed by atoms with Gasteiger partial charge in [0.1, 0.15) is 5.15 Å². The van der Waals surface area contributed by atoms with Crippen LogP contribution in [0.5, 0.6) is 0 Å². The number of rotatable bonds is 5. The Morgan fingerprint density at radius 1 is 1.69 bits per heavy atom. The molecule has 0 aliphatic heterocycles. The molecule has 2 rings (SSSR count). The van der Waals surface area contributed by atoms with E-state index in [2.05, 4.69) is 32.1 Å². The van der Waals surface area contributed by atoms with Gasteiger partial charge in [-0.1, -0.05) is 11.6 Å². The summed E-state index contributed by atoms with van der Waals surface area (Å²) in [5, 5.41) is 11.8. The summed E-state index contributed by atoms with van der Waals surface area (Å²) in [7, 11) is 0. The lowest BCUT2D eigenvalue weighted by molar-refractivity contribution is 0.890. The fourth-order valence-electron chi connectivity index (χ4n) is 1.55. The van der Waals surface area contributed by atoms with Crippen LogP contribution in [0.4, 0.5) is 5.69 Å². The Morgan fingerprint density at radius 3 is 3.06 bits per heavy atom. The second kappa shape index (κ2) is 5.61. The lowest BCUT2D eigenvalue weighted by Crippen LogP contribution is -2.04. The quantitative estimate of drug-likeness (QED) is 0.354. The van der Waals surface area contributed by atoms with E-state index in [1.54, 1.807) is 12.3 Å². The van der Waals surface area contributed by atoms with Crippen molar-refractivity contribution in [1.29, 1.82) is 5.41 Å². The van der Waals surface area contributed by atoms with Crippen LogP contribution in [0.2, 0.25) is 5.15 Å². The lowest BCUT2D eigenvalue weighted by atomic mass is 10.1. The molecule has 1 heterocycles. The first kappa shape index (κ1) is 12.5. The molecule has 0 saturated heterocycles. The standard InChI is InChI=1S/C10H12ClIN3P/c11-10-4-9(15-16-12)7(5-14-10)8(13)3-6-1-2-6/h4-6,13,16H,1-3H2,(H,14,15). The normalized spacial score (nSPS) is 15.6. The van der Waals surface area contributed by atoms with E-state index in [1.807, 2.05) is 0 Å². The number of hydrogen-bond acceptors (Lipinski definition) is 3. The molecule has 0 amide bonds. The van der Waals surface area contributed by atoms with Crippen molar-refractivity contribution < 1.29 is 0 Å². The molecule has 0 spiro atoms. The summed E-state index contributed by atoms with van der Waals surface area (Å²) in [5.74, 6) is 0.720. The third-order valence-electron chi connectivity index (χ3n) is 2.57. The number of nitrogens with one attached hydrogen (secondary N) is 2. The number of aromatic nitrogens is 1. The van der Waals surface area contributed by atoms with Crippen molar-refractivity contribution in [2.45, 2.75) is 19.3 Å². The fourth-order valence-corrected chi connectivity index (χ4v) is 2.88. The molecule has 0 aromatic carbocycles. The molecule has 86 valence electrons. The van der Waals surface area contributed by atoms with Crippen LogP contribution in [-0.2, 0) is 0 Å². The zero-order valence-corrected chi connectivity index (χ0v) is 12.5. The van der Waals surface area contributed by atoms with E-state index in [4.69, 9.17) is 17.0 Å². The smallest absolute Gasteiger partial charge is 0.131 e. The molecule has 3 nitrogen and oxygen atoms in total. The molecule has 0 bridgehead atoms. The van der Waals surface area contributed by atoms with Crippen molar-refractivity contribution in [1.82, 2.24) is 4.98 Å². The van der Waals surface area contributed by atoms with E-state index >= 15 is 0 Å². The Bertz CT molecular complexity index is 409. The largest absolute Gasteiger partial charge is 0.358 e. The van der Waals surface area contributed by atoms with Crippen LogP contribution in [0.15, 0.2) is 12.3 Å². The summed E-state index contributed by atoms with van der Waals surface area (Å²) < 4.78 is 0. The Kier molecular flexibility index (Phi) is 4.39. The van der Waals surface area contributed by atoms with Crippen LogP contribution in [0.1, 0.15) is 24.8 Å². The van der Waals surface area contributed by atoms with E-state index in [-0.39, 0.29) is 0 Å². The second-order valence-electron chi connectivity index (χ2n) is 3.90. The first-order chi connectivity index (χ1) is 7.70. The van der Waals surface area contributed by atoms with E-state index in [1.165, 1.54) is 12.8 Å². The SMILES string of the molecule is N=C(CC1CC1)c1cnc(Cl)cc1NPI. The molecular weight excluding hydrogens is 355 g/mol. The van der Waals surface area contributed by atoms with Crippen LogP contribution in [0, 0.1) is 11.3 Å². The van der Waals surface area contributed by atoms with Gasteiger partial charge < -0.3 is 10.5 Å². The van der Waals surface area contributed by atoms with Crippen LogP contribution < -0.4 is 5.09 Å². The molecule has 16 heavy (non-hydrogen) atoms. The van der Waals surface area contributed by atoms with Gasteiger partial charge in [0.15, 0.2) is 0 Å². The Hall–Kier alpha value is 0.0700. The Morgan fingerprint density at radius 2 is 2.44 bits per heavy atom. The summed E-state index contributed by atoms with van der Waals surface area (Å²) in [6.45, 7) is 0. The molecule has 1 aliphatic carbocycles. The van der Waals surface area contributed by atoms with Gasteiger partial charge in [0.25, 0.3) is 0 Å². The van der Waals surface area contributed by atoms with Crippen LogP contribution in [-0.4, -0.2) is 10.7 Å². The van der Waals surface area contributed by atoms with E-state index < -0.39 is 0 Å². The number of anilines is 1. The number of pyridine rings is 1. The fraction of sp³-hybridized carbons (Fsp3) is 0.400. The highest BCUT2D eigenvalue weighted by Crippen LogP contribution is 2.35. The zero-order valence-electron chi connectivity index (χ0n) is 8.56. The monoisotopic (exact) mass is 367 g/mol. The van der Waals surface area contributed by atoms with Gasteiger partial charge in [0.2, 0.25) is 0 Å². The second-order valence-corrected chi connectivity index (χ2v) is 6.34. The molecule has 2 N–H and O–H groups in total. The van der Waals surface area contributed by atoms with E-state index in [0.717, 1.165) is 23.6 Å². The third kappa shape index (κ3) is 3.28. The first-order valence-electron chi connectivity index (χ1n) is 5.05. The van der Waals surface area contributed by atoms with E-state index in [0.29, 0.717) is 17.2 Å². The average Bonchev–Trinajstić information content (AvgIpc) is 3.02. The highest BCUT2D eigenvalue weighted by molar-refractivity contribution is 14.2. The summed E-state index contributed by atoms with van der Waals surface area (Å²) in [5.41, 5.74) is 2.49. The molecule has 6 heteroatoms. The minimum absolute atomic E-state index is 0.472. The Labute approximate surface area is 115 Å². The van der Waals surface area contributed by atoms with Crippen LogP contribution in [0.3, 0.4) is 0 Å². The molecular formula is C10H12ClIN3P. The van der Waals surface area contributed by atoms with Crippen molar-refractivity contribution in [2.24, 2.45) is 5.92 Å². The van der Waals surface area contributed by atoms with Gasteiger partial charge in [-0.25, -0.2) is 4.98 Å². The summed E-state index contributed by atoms with van der Waals surface area (Å²) in [4.78, 5) is 4.06. The minimum Gasteiger partial charge on any atom is -0.358 e. The van der Waals surface area contributed by atoms with E-state index in [9.17, 15) is 0 Å². The maximum atomic E-state index is 8.07. The van der Waals surface area contributed by atoms with Gasteiger partial charge in [-0.05, 0) is 53.3 Å². The van der Waals surface area contributed by atoms with Gasteiger partial charge >= 0.3 is 0 Å². The average molecular weight is 368 g/mol. The van der Waals surface area contributed by atoms with Crippen molar-refractivity contribution >= 4 is 51.4 Å². The molecule has 0 radical (unpaired) electrons. The number of halogens is 2. The summed E-state index contributed by atoms with van der Waals surface area (Å²) in [6.07, 6.45) is 5.66. The maximum absolute atomic E-state index is 8.07. The molecule has 1 fully saturated rings. The predicted molar refractivity (Wildman–Crippen MR) is 79.4 cm³/mol. The molecule has 1 aromatic rings. The van der Waals surface area contributed by atoms with Crippen LogP contribution >= 0.6 is 40.0 Å². The molecule has 1 aliphatic rings. The Balaban J connectivity index is 2.19. The minimum atomic E-state index is 0.472. The highest BCUT2D eigenvalue weighted by atomic mass is 127. The van der Waals surface area contributed by atoms with Crippen molar-refractivity contribution in [3.05, 3.63) is 23.0 Å². The zero-order chi connectivity index (χ0) is 11.5. The van der Waals surface area contributed by atoms with Crippen LogP contribution in [0.25, 0.3) is 0 Å². The number of nitrogens with zero attached hydrogens (tertiary/aromatic N) is 1. The first-order valence-corrected chi connectivity index (χ1v) is 9.55. The third-order valence-corrected chi connectivity index (χ3v) is 3.95. The van der Waals surface area contributed by atoms with Crippen molar-refractivity contribution in [3.8, 4) is 0 Å². The van der Waals surface area contributed by atoms with Gasteiger partial charge in [-0.15, -0.1) is 0 Å². The van der Waals surface area contributed by atoms with Gasteiger partial charge in [0.05, 0.1) is 5.69 Å². The predicted octanol–water partition coefficient (Wildman–Crippen LogP) is 4.26. The van der Waals surface area contributed by atoms with Gasteiger partial charge in [0, 0.05) is 23.8 Å². The van der Waals surface area contributed by atoms with Gasteiger partial charge in [-0.3, -0.25) is 0 Å². The summed E-state index contributed by atoms with van der Waals surface area (Å²) >= 11 is 8.12.